The van der Waals surface area contributed by atoms with Crippen LogP contribution in [-0.2, 0) is 26.0 Å². The standard InChI is InChI=1S/C21H19F3N2O5S/c1-21(12-13-4-2-3-5-14(13)19(27)31-21)20(28)25-8-10-26(11-9-25)32(29,30)16-7-6-15(22)17(23)18(16)24/h2-7H,8-12H2,1H3. The number of hydrogen-bond donors (Lipinski definition) is 0. The highest BCUT2D eigenvalue weighted by Crippen LogP contribution is 2.31. The maximum Gasteiger partial charge on any atom is 0.339 e. The van der Waals surface area contributed by atoms with E-state index in [1.165, 1.54) is 11.8 Å². The van der Waals surface area contributed by atoms with E-state index < -0.39 is 49.8 Å². The summed E-state index contributed by atoms with van der Waals surface area (Å²) >= 11 is 0. The van der Waals surface area contributed by atoms with Gasteiger partial charge >= 0.3 is 5.97 Å². The second-order valence-corrected chi connectivity index (χ2v) is 9.73. The Morgan fingerprint density at radius 2 is 1.66 bits per heavy atom. The van der Waals surface area contributed by atoms with Crippen LogP contribution in [0.2, 0.25) is 0 Å². The number of fused-ring (bicyclic) bond motifs is 1. The van der Waals surface area contributed by atoms with Crippen molar-refractivity contribution in [3.8, 4) is 0 Å². The van der Waals surface area contributed by atoms with Crippen molar-refractivity contribution in [1.82, 2.24) is 9.21 Å². The van der Waals surface area contributed by atoms with Crippen molar-refractivity contribution >= 4 is 21.9 Å². The lowest BCUT2D eigenvalue weighted by Crippen LogP contribution is -2.58. The van der Waals surface area contributed by atoms with Gasteiger partial charge in [-0.15, -0.1) is 0 Å². The Bertz CT molecular complexity index is 1210. The molecule has 0 aromatic heterocycles. The summed E-state index contributed by atoms with van der Waals surface area (Å²) in [6.45, 7) is 1.04. The van der Waals surface area contributed by atoms with Crippen LogP contribution in [-0.4, -0.2) is 61.3 Å². The van der Waals surface area contributed by atoms with E-state index in [1.807, 2.05) is 0 Å². The van der Waals surface area contributed by atoms with Crippen LogP contribution < -0.4 is 0 Å². The molecule has 0 saturated carbocycles. The quantitative estimate of drug-likeness (QED) is 0.509. The van der Waals surface area contributed by atoms with Crippen molar-refractivity contribution in [2.75, 3.05) is 26.2 Å². The molecule has 2 heterocycles. The van der Waals surface area contributed by atoms with Gasteiger partial charge in [-0.1, -0.05) is 18.2 Å². The summed E-state index contributed by atoms with van der Waals surface area (Å²) in [5.74, 6) is -6.24. The predicted molar refractivity (Wildman–Crippen MR) is 106 cm³/mol. The second-order valence-electron chi connectivity index (χ2n) is 7.82. The van der Waals surface area contributed by atoms with Crippen molar-refractivity contribution in [2.45, 2.75) is 23.8 Å². The molecule has 0 spiro atoms. The van der Waals surface area contributed by atoms with Crippen LogP contribution >= 0.6 is 0 Å². The molecule has 1 amide bonds. The van der Waals surface area contributed by atoms with E-state index in [0.717, 1.165) is 4.31 Å². The second kappa shape index (κ2) is 7.89. The maximum atomic E-state index is 14.0. The number of carbonyl (C=O) groups is 2. The molecule has 0 radical (unpaired) electrons. The number of amides is 1. The molecule has 32 heavy (non-hydrogen) atoms. The van der Waals surface area contributed by atoms with E-state index in [1.54, 1.807) is 24.3 Å². The Hall–Kier alpha value is -2.92. The molecule has 7 nitrogen and oxygen atoms in total. The number of sulfonamides is 1. The molecule has 2 aromatic rings. The first-order chi connectivity index (χ1) is 15.0. The van der Waals surface area contributed by atoms with Gasteiger partial charge in [0, 0.05) is 32.6 Å². The van der Waals surface area contributed by atoms with Crippen LogP contribution in [0.1, 0.15) is 22.8 Å². The van der Waals surface area contributed by atoms with Gasteiger partial charge in [0.15, 0.2) is 23.1 Å². The van der Waals surface area contributed by atoms with Crippen LogP contribution in [0.3, 0.4) is 0 Å². The van der Waals surface area contributed by atoms with Gasteiger partial charge < -0.3 is 9.64 Å². The Morgan fingerprint density at radius 1 is 1.00 bits per heavy atom. The number of benzene rings is 2. The van der Waals surface area contributed by atoms with Gasteiger partial charge in [0.25, 0.3) is 5.91 Å². The molecule has 2 aromatic carbocycles. The summed E-state index contributed by atoms with van der Waals surface area (Å²) in [7, 11) is -4.44. The smallest absolute Gasteiger partial charge is 0.339 e. The van der Waals surface area contributed by atoms with E-state index in [9.17, 15) is 31.2 Å². The molecule has 2 aliphatic rings. The van der Waals surface area contributed by atoms with Gasteiger partial charge in [-0.25, -0.2) is 26.4 Å². The molecule has 4 rings (SSSR count). The van der Waals surface area contributed by atoms with E-state index in [2.05, 4.69) is 0 Å². The fourth-order valence-electron chi connectivity index (χ4n) is 3.96. The zero-order valence-electron chi connectivity index (χ0n) is 17.0. The minimum atomic E-state index is -4.44. The van der Waals surface area contributed by atoms with E-state index in [0.29, 0.717) is 23.3 Å². The topological polar surface area (TPSA) is 84.0 Å². The molecule has 11 heteroatoms. The fourth-order valence-corrected chi connectivity index (χ4v) is 5.44. The van der Waals surface area contributed by atoms with Gasteiger partial charge in [-0.05, 0) is 30.7 Å². The van der Waals surface area contributed by atoms with Crippen molar-refractivity contribution < 1.29 is 35.9 Å². The summed E-state index contributed by atoms with van der Waals surface area (Å²) in [5, 5.41) is 0. The van der Waals surface area contributed by atoms with Crippen molar-refractivity contribution in [3.63, 3.8) is 0 Å². The molecule has 2 aliphatic heterocycles. The summed E-state index contributed by atoms with van der Waals surface area (Å²) in [4.78, 5) is 25.9. The van der Waals surface area contributed by atoms with Gasteiger partial charge in [-0.2, -0.15) is 4.31 Å². The highest BCUT2D eigenvalue weighted by Gasteiger charge is 2.46. The first-order valence-corrected chi connectivity index (χ1v) is 11.2. The lowest BCUT2D eigenvalue weighted by molar-refractivity contribution is -0.152. The van der Waals surface area contributed by atoms with Gasteiger partial charge in [0.05, 0.1) is 5.56 Å². The first kappa shape index (κ1) is 22.3. The van der Waals surface area contributed by atoms with Crippen LogP contribution in [0.4, 0.5) is 13.2 Å². The summed E-state index contributed by atoms with van der Waals surface area (Å²) in [6.07, 6.45) is 0.173. The summed E-state index contributed by atoms with van der Waals surface area (Å²) in [5.41, 5.74) is -0.379. The largest absolute Gasteiger partial charge is 0.445 e. The van der Waals surface area contributed by atoms with Crippen LogP contribution in [0.5, 0.6) is 0 Å². The summed E-state index contributed by atoms with van der Waals surface area (Å²) in [6, 6.07) is 8.01. The van der Waals surface area contributed by atoms with Crippen molar-refractivity contribution in [2.24, 2.45) is 0 Å². The lowest BCUT2D eigenvalue weighted by atomic mass is 9.89. The highest BCUT2D eigenvalue weighted by atomic mass is 32.2. The molecule has 1 unspecified atom stereocenters. The molecule has 1 fully saturated rings. The molecular formula is C21H19F3N2O5S. The Labute approximate surface area is 182 Å². The SMILES string of the molecule is CC1(C(=O)N2CCN(S(=O)(=O)c3ccc(F)c(F)c3F)CC2)Cc2ccccc2C(=O)O1. The van der Waals surface area contributed by atoms with Gasteiger partial charge in [0.1, 0.15) is 4.90 Å². The first-order valence-electron chi connectivity index (χ1n) is 9.79. The van der Waals surface area contributed by atoms with E-state index >= 15 is 0 Å². The molecule has 0 bridgehead atoms. The maximum absolute atomic E-state index is 14.0. The number of hydrogen-bond acceptors (Lipinski definition) is 5. The minimum Gasteiger partial charge on any atom is -0.445 e. The number of halogens is 3. The molecular weight excluding hydrogens is 449 g/mol. The fraction of sp³-hybridized carbons (Fsp3) is 0.333. The monoisotopic (exact) mass is 468 g/mol. The van der Waals surface area contributed by atoms with Crippen molar-refractivity contribution in [3.05, 3.63) is 65.0 Å². The third kappa shape index (κ3) is 3.65. The van der Waals surface area contributed by atoms with Crippen LogP contribution in [0, 0.1) is 17.5 Å². The number of nitrogens with zero attached hydrogens (tertiary/aromatic N) is 2. The minimum absolute atomic E-state index is 0.0435. The van der Waals surface area contributed by atoms with E-state index in [4.69, 9.17) is 4.74 Å². The average Bonchev–Trinajstić information content (AvgIpc) is 2.77. The van der Waals surface area contributed by atoms with Gasteiger partial charge in [-0.3, -0.25) is 4.79 Å². The number of ether oxygens (including phenoxy) is 1. The third-order valence-corrected chi connectivity index (χ3v) is 7.59. The number of esters is 1. The van der Waals surface area contributed by atoms with Gasteiger partial charge in [0.2, 0.25) is 10.0 Å². The Kier molecular flexibility index (Phi) is 5.49. The third-order valence-electron chi connectivity index (χ3n) is 5.68. The zero-order chi connectivity index (χ0) is 23.3. The highest BCUT2D eigenvalue weighted by molar-refractivity contribution is 7.89. The molecule has 1 saturated heterocycles. The molecule has 0 N–H and O–H groups in total. The zero-order valence-corrected chi connectivity index (χ0v) is 17.8. The lowest BCUT2D eigenvalue weighted by Gasteiger charge is -2.40. The number of carbonyl (C=O) groups excluding carboxylic acids is 2. The molecule has 0 aliphatic carbocycles. The average molecular weight is 468 g/mol. The number of piperazine rings is 1. The molecule has 170 valence electrons. The number of cyclic esters (lactones) is 1. The molecule has 1 atom stereocenters. The number of rotatable bonds is 3. The predicted octanol–water partition coefficient (Wildman–Crippen LogP) is 2.11. The van der Waals surface area contributed by atoms with Crippen LogP contribution in [0.15, 0.2) is 41.3 Å². The normalized spacial score (nSPS) is 21.8. The Morgan fingerprint density at radius 3 is 2.34 bits per heavy atom. The van der Waals surface area contributed by atoms with E-state index in [-0.39, 0.29) is 32.6 Å². The van der Waals surface area contributed by atoms with Crippen LogP contribution in [0.25, 0.3) is 0 Å². The Balaban J connectivity index is 1.49. The van der Waals surface area contributed by atoms with Crippen molar-refractivity contribution in [1.29, 1.82) is 0 Å². The summed E-state index contributed by atoms with van der Waals surface area (Å²) < 4.78 is 72.5.